The topological polar surface area (TPSA) is 37.6 Å². The molecule has 1 aliphatic heterocycles. The molecule has 4 nitrogen and oxygen atoms in total. The Balaban J connectivity index is 1.63. The van der Waals surface area contributed by atoms with Crippen molar-refractivity contribution in [3.05, 3.63) is 68.9 Å². The number of carbonyl (C=O) groups excluding carboxylic acids is 1. The second kappa shape index (κ2) is 7.89. The maximum absolute atomic E-state index is 12.3. The van der Waals surface area contributed by atoms with Gasteiger partial charge in [0.15, 0.2) is 4.80 Å². The first-order chi connectivity index (χ1) is 13.1. The fourth-order valence-electron chi connectivity index (χ4n) is 3.14. The first kappa shape index (κ1) is 18.3. The molecule has 7 heteroatoms. The molecule has 4 rings (SSSR count). The third kappa shape index (κ3) is 3.95. The van der Waals surface area contributed by atoms with Gasteiger partial charge in [0.1, 0.15) is 0 Å². The summed E-state index contributed by atoms with van der Waals surface area (Å²) in [5, 5.41) is 3.16. The third-order valence-corrected chi connectivity index (χ3v) is 5.85. The number of aromatic nitrogens is 1. The van der Waals surface area contributed by atoms with E-state index in [0.717, 1.165) is 42.7 Å². The van der Waals surface area contributed by atoms with Crippen LogP contribution in [0.25, 0.3) is 16.8 Å². The molecule has 0 radical (unpaired) electrons. The number of likely N-dealkylation sites (tertiary alicyclic amines) is 1. The zero-order valence-corrected chi connectivity index (χ0v) is 16.8. The summed E-state index contributed by atoms with van der Waals surface area (Å²) in [4.78, 5) is 19.1. The largest absolute Gasteiger partial charge is 0.346 e. The molecule has 27 heavy (non-hydrogen) atoms. The number of benzene rings is 2. The van der Waals surface area contributed by atoms with E-state index < -0.39 is 0 Å². The summed E-state index contributed by atoms with van der Waals surface area (Å²) in [5.41, 5.74) is 2.87. The first-order valence-corrected chi connectivity index (χ1v) is 10.3. The molecule has 1 saturated heterocycles. The number of hydrogen-bond acceptors (Lipinski definition) is 2. The molecular weight excluding hydrogens is 401 g/mol. The van der Waals surface area contributed by atoms with Crippen molar-refractivity contribution in [3.63, 3.8) is 0 Å². The van der Waals surface area contributed by atoms with Crippen molar-refractivity contribution in [1.82, 2.24) is 9.47 Å². The molecule has 0 atom stereocenters. The van der Waals surface area contributed by atoms with Crippen LogP contribution in [0.15, 0.2) is 59.0 Å². The molecule has 1 aliphatic rings. The summed E-state index contributed by atoms with van der Waals surface area (Å²) >= 11 is 13.7. The Bertz CT molecular complexity index is 1030. The van der Waals surface area contributed by atoms with E-state index in [1.165, 1.54) is 11.3 Å². The summed E-state index contributed by atoms with van der Waals surface area (Å²) in [6, 6.07) is 13.3. The molecule has 0 unspecified atom stereocenters. The van der Waals surface area contributed by atoms with Crippen molar-refractivity contribution in [1.29, 1.82) is 0 Å². The zero-order chi connectivity index (χ0) is 18.8. The van der Waals surface area contributed by atoms with Gasteiger partial charge in [-0.15, -0.1) is 11.3 Å². The molecule has 3 aromatic rings. The zero-order valence-electron chi connectivity index (χ0n) is 14.4. The van der Waals surface area contributed by atoms with Gasteiger partial charge < -0.3 is 4.90 Å². The lowest BCUT2D eigenvalue weighted by atomic mass is 10.1. The van der Waals surface area contributed by atoms with Gasteiger partial charge in [-0.1, -0.05) is 41.4 Å². The Morgan fingerprint density at radius 2 is 1.78 bits per heavy atom. The fourth-order valence-corrected chi connectivity index (χ4v) is 4.37. The van der Waals surface area contributed by atoms with Crippen LogP contribution in [0.1, 0.15) is 12.8 Å². The van der Waals surface area contributed by atoms with Gasteiger partial charge in [-0.25, -0.2) is 4.79 Å². The summed E-state index contributed by atoms with van der Waals surface area (Å²) in [6.07, 6.45) is 4.03. The molecule has 0 spiro atoms. The lowest BCUT2D eigenvalue weighted by Gasteiger charge is -2.11. The van der Waals surface area contributed by atoms with E-state index in [2.05, 4.69) is 4.99 Å². The maximum Gasteiger partial charge on any atom is 0.346 e. The van der Waals surface area contributed by atoms with Crippen LogP contribution in [-0.2, 0) is 0 Å². The highest BCUT2D eigenvalue weighted by Gasteiger charge is 2.17. The lowest BCUT2D eigenvalue weighted by molar-refractivity contribution is 0.218. The number of halogens is 2. The Morgan fingerprint density at radius 3 is 2.48 bits per heavy atom. The molecule has 2 aromatic carbocycles. The molecule has 138 valence electrons. The van der Waals surface area contributed by atoms with Crippen molar-refractivity contribution < 1.29 is 4.79 Å². The Kier molecular flexibility index (Phi) is 5.34. The second-order valence-corrected chi connectivity index (χ2v) is 8.03. The molecular formula is C20H17Cl2N3OS. The first-order valence-electron chi connectivity index (χ1n) is 8.67. The van der Waals surface area contributed by atoms with Crippen LogP contribution in [-0.4, -0.2) is 28.6 Å². The van der Waals surface area contributed by atoms with Crippen molar-refractivity contribution in [2.24, 2.45) is 4.99 Å². The molecule has 1 fully saturated rings. The number of carbonyl (C=O) groups is 1. The standard InChI is InChI=1S/C20H17Cl2N3OS/c21-15-5-8-17(18(22)13-15)14-3-6-16(7-4-14)25-11-12-27-20(25)23-19(26)24-9-1-2-10-24/h3-8,11-13H,1-2,9-10H2. The predicted molar refractivity (Wildman–Crippen MR) is 111 cm³/mol. The molecule has 2 heterocycles. The Labute approximate surface area is 171 Å². The number of amides is 2. The highest BCUT2D eigenvalue weighted by molar-refractivity contribution is 7.07. The summed E-state index contributed by atoms with van der Waals surface area (Å²) in [5.74, 6) is 0. The average Bonchev–Trinajstić information content (AvgIpc) is 3.34. The Morgan fingerprint density at radius 1 is 1.04 bits per heavy atom. The van der Waals surface area contributed by atoms with E-state index in [9.17, 15) is 4.79 Å². The molecule has 0 N–H and O–H groups in total. The maximum atomic E-state index is 12.3. The second-order valence-electron chi connectivity index (χ2n) is 6.32. The van der Waals surface area contributed by atoms with Crippen LogP contribution in [0.2, 0.25) is 10.0 Å². The smallest absolute Gasteiger partial charge is 0.323 e. The monoisotopic (exact) mass is 417 g/mol. The van der Waals surface area contributed by atoms with Gasteiger partial charge in [0.2, 0.25) is 0 Å². The average molecular weight is 418 g/mol. The molecule has 0 aliphatic carbocycles. The minimum atomic E-state index is -0.159. The summed E-state index contributed by atoms with van der Waals surface area (Å²) in [6.45, 7) is 1.59. The molecule has 0 bridgehead atoms. The van der Waals surface area contributed by atoms with Crippen molar-refractivity contribution in [3.8, 4) is 16.8 Å². The van der Waals surface area contributed by atoms with Crippen LogP contribution in [0, 0.1) is 0 Å². The minimum absolute atomic E-state index is 0.159. The van der Waals surface area contributed by atoms with E-state index in [1.54, 1.807) is 11.0 Å². The summed E-state index contributed by atoms with van der Waals surface area (Å²) in [7, 11) is 0. The van der Waals surface area contributed by atoms with Gasteiger partial charge in [-0.05, 0) is 42.7 Å². The highest BCUT2D eigenvalue weighted by atomic mass is 35.5. The van der Waals surface area contributed by atoms with Gasteiger partial charge in [0, 0.05) is 46.0 Å². The minimum Gasteiger partial charge on any atom is -0.323 e. The van der Waals surface area contributed by atoms with Crippen molar-refractivity contribution in [2.45, 2.75) is 12.8 Å². The van der Waals surface area contributed by atoms with Crippen LogP contribution in [0.5, 0.6) is 0 Å². The summed E-state index contributed by atoms with van der Waals surface area (Å²) < 4.78 is 1.92. The van der Waals surface area contributed by atoms with Gasteiger partial charge in [-0.2, -0.15) is 4.99 Å². The number of thiazole rings is 1. The number of rotatable bonds is 2. The van der Waals surface area contributed by atoms with E-state index in [0.29, 0.717) is 14.8 Å². The predicted octanol–water partition coefficient (Wildman–Crippen LogP) is 5.63. The highest BCUT2D eigenvalue weighted by Crippen LogP contribution is 2.30. The third-order valence-electron chi connectivity index (χ3n) is 4.54. The van der Waals surface area contributed by atoms with Crippen LogP contribution < -0.4 is 4.80 Å². The molecule has 2 amide bonds. The number of nitrogens with zero attached hydrogens (tertiary/aromatic N) is 3. The van der Waals surface area contributed by atoms with E-state index >= 15 is 0 Å². The van der Waals surface area contributed by atoms with Gasteiger partial charge in [0.05, 0.1) is 0 Å². The normalized spacial score (nSPS) is 14.7. The van der Waals surface area contributed by atoms with Crippen molar-refractivity contribution in [2.75, 3.05) is 13.1 Å². The molecule has 0 saturated carbocycles. The van der Waals surface area contributed by atoms with Crippen molar-refractivity contribution >= 4 is 40.6 Å². The molecule has 1 aromatic heterocycles. The number of urea groups is 1. The quantitative estimate of drug-likeness (QED) is 0.532. The van der Waals surface area contributed by atoms with Gasteiger partial charge >= 0.3 is 6.03 Å². The van der Waals surface area contributed by atoms with Crippen LogP contribution in [0.4, 0.5) is 4.79 Å². The van der Waals surface area contributed by atoms with Gasteiger partial charge in [0.25, 0.3) is 0 Å². The van der Waals surface area contributed by atoms with E-state index in [4.69, 9.17) is 23.2 Å². The van der Waals surface area contributed by atoms with E-state index in [1.807, 2.05) is 52.5 Å². The fraction of sp³-hybridized carbons (Fsp3) is 0.200. The SMILES string of the molecule is O=C(N=c1sccn1-c1ccc(-c2ccc(Cl)cc2Cl)cc1)N1CCCC1. The lowest BCUT2D eigenvalue weighted by Crippen LogP contribution is -2.27. The Hall–Kier alpha value is -2.08. The van der Waals surface area contributed by atoms with Gasteiger partial charge in [-0.3, -0.25) is 4.57 Å². The van der Waals surface area contributed by atoms with Crippen LogP contribution in [0.3, 0.4) is 0 Å². The van der Waals surface area contributed by atoms with E-state index in [-0.39, 0.29) is 6.03 Å². The van der Waals surface area contributed by atoms with Crippen LogP contribution >= 0.6 is 34.5 Å². The number of hydrogen-bond donors (Lipinski definition) is 0.